The molecule has 0 aliphatic rings. The Balaban J connectivity index is 2.91. The number of halogens is 1. The Morgan fingerprint density at radius 2 is 2.23 bits per heavy atom. The lowest BCUT2D eigenvalue weighted by Crippen LogP contribution is -2.07. The molecule has 1 amide bonds. The first-order chi connectivity index (χ1) is 6.13. The highest BCUT2D eigenvalue weighted by atomic mass is 19.1. The van der Waals surface area contributed by atoms with Gasteiger partial charge >= 0.3 is 6.09 Å². The van der Waals surface area contributed by atoms with Crippen LogP contribution in [0, 0.1) is 5.82 Å². The van der Waals surface area contributed by atoms with E-state index in [4.69, 9.17) is 4.74 Å². The minimum Gasteiger partial charge on any atom is -0.497 e. The molecule has 5 heteroatoms. The second kappa shape index (κ2) is 3.75. The molecule has 0 bridgehead atoms. The summed E-state index contributed by atoms with van der Waals surface area (Å²) in [4.78, 5) is 10.1. The van der Waals surface area contributed by atoms with Crippen LogP contribution in [0.3, 0.4) is 0 Å². The topological polar surface area (TPSA) is 58.2 Å². The molecule has 1 aromatic rings. The molecule has 0 aromatic heterocycles. The fourth-order valence-electron chi connectivity index (χ4n) is 0.834. The van der Waals surface area contributed by atoms with Gasteiger partial charge in [0.05, 0.1) is 12.8 Å². The minimum absolute atomic E-state index is 0.152. The lowest BCUT2D eigenvalue weighted by molar-refractivity contribution is 0.185. The molecule has 0 aliphatic heterocycles. The van der Waals surface area contributed by atoms with Gasteiger partial charge in [-0.1, -0.05) is 0 Å². The van der Waals surface area contributed by atoms with Gasteiger partial charge in [0.1, 0.15) is 5.75 Å². The number of hydrogen-bond donors (Lipinski definition) is 1. The molecule has 0 unspecified atom stereocenters. The third kappa shape index (κ3) is 2.33. The van der Waals surface area contributed by atoms with Crippen LogP contribution >= 0.6 is 0 Å². The number of carbonyl (C=O) groups excluding carboxylic acids is 1. The van der Waals surface area contributed by atoms with Crippen LogP contribution < -0.4 is 10.1 Å². The fourth-order valence-corrected chi connectivity index (χ4v) is 0.834. The predicted octanol–water partition coefficient (Wildman–Crippen LogP) is 1.80. The number of methoxy groups -OCH3 is 1. The molecule has 1 rings (SSSR count). The van der Waals surface area contributed by atoms with Gasteiger partial charge in [-0.05, 0) is 12.1 Å². The number of hydrogen-bond acceptors (Lipinski definition) is 2. The monoisotopic (exact) mass is 184 g/mol. The van der Waals surface area contributed by atoms with Crippen molar-refractivity contribution in [3.63, 3.8) is 0 Å². The van der Waals surface area contributed by atoms with Gasteiger partial charge in [-0.25, -0.2) is 14.3 Å². The van der Waals surface area contributed by atoms with Gasteiger partial charge < -0.3 is 4.74 Å². The first-order valence-electron chi connectivity index (χ1n) is 3.45. The molecule has 1 N–H and O–H groups in total. The highest BCUT2D eigenvalue weighted by molar-refractivity contribution is 5.82. The second-order valence-electron chi connectivity index (χ2n) is 2.26. The van der Waals surface area contributed by atoms with E-state index in [2.05, 4.69) is 0 Å². The third-order valence-corrected chi connectivity index (χ3v) is 1.41. The zero-order valence-electron chi connectivity index (χ0n) is 6.83. The highest BCUT2D eigenvalue weighted by Crippen LogP contribution is 2.19. The van der Waals surface area contributed by atoms with Gasteiger partial charge in [0, 0.05) is 6.07 Å². The van der Waals surface area contributed by atoms with Gasteiger partial charge in [0.15, 0.2) is 5.82 Å². The van der Waals surface area contributed by atoms with E-state index < -0.39 is 11.9 Å². The van der Waals surface area contributed by atoms with Crippen LogP contribution in [0.25, 0.3) is 0 Å². The van der Waals surface area contributed by atoms with E-state index in [1.807, 2.05) is 0 Å². The summed E-state index contributed by atoms with van der Waals surface area (Å²) in [6.45, 7) is 0. The number of rotatable bonds is 2. The zero-order chi connectivity index (χ0) is 9.84. The maximum absolute atomic E-state index is 13.0. The number of ether oxygens (including phenoxy) is 1. The molecule has 1 aromatic carbocycles. The van der Waals surface area contributed by atoms with Crippen LogP contribution in [-0.4, -0.2) is 13.2 Å². The number of nitrogens with one attached hydrogen (secondary N) is 1. The largest absolute Gasteiger partial charge is 0.497 e. The summed E-state index contributed by atoms with van der Waals surface area (Å²) in [5.74, 6) is -0.384. The number of benzene rings is 1. The Labute approximate surface area is 73.9 Å². The van der Waals surface area contributed by atoms with Crippen molar-refractivity contribution in [2.45, 2.75) is 0 Å². The summed E-state index contributed by atoms with van der Waals surface area (Å²) >= 11 is 0. The average molecular weight is 184 g/mol. The van der Waals surface area contributed by atoms with Crippen molar-refractivity contribution in [3.8, 4) is 5.75 Å². The normalized spacial score (nSPS) is 9.38. The molecular formula is C8H7FNO3. The van der Waals surface area contributed by atoms with E-state index in [0.29, 0.717) is 5.75 Å². The van der Waals surface area contributed by atoms with Crippen LogP contribution in [0.5, 0.6) is 5.75 Å². The standard InChI is InChI=1S/C8H7FNO3/c1-13-5-2-3-7(6(9)4-5)10-8(11)12/h2-4,10H,1H3. The van der Waals surface area contributed by atoms with Crippen LogP contribution in [0.2, 0.25) is 0 Å². The Hall–Kier alpha value is -1.78. The van der Waals surface area contributed by atoms with Crippen molar-refractivity contribution in [2.75, 3.05) is 12.4 Å². The summed E-state index contributed by atoms with van der Waals surface area (Å²) in [6.07, 6.45) is -1.55. The number of amides is 1. The molecule has 0 fully saturated rings. The second-order valence-corrected chi connectivity index (χ2v) is 2.26. The minimum atomic E-state index is -1.55. The van der Waals surface area contributed by atoms with E-state index in [1.54, 1.807) is 5.32 Å². The molecular weight excluding hydrogens is 177 g/mol. The molecule has 13 heavy (non-hydrogen) atoms. The van der Waals surface area contributed by atoms with Crippen molar-refractivity contribution in [2.24, 2.45) is 0 Å². The Morgan fingerprint density at radius 1 is 1.54 bits per heavy atom. The predicted molar refractivity (Wildman–Crippen MR) is 42.7 cm³/mol. The molecule has 0 atom stereocenters. The molecule has 0 aliphatic carbocycles. The molecule has 69 valence electrons. The molecule has 0 saturated carbocycles. The first kappa shape index (κ1) is 9.31. The van der Waals surface area contributed by atoms with Crippen LogP contribution in [-0.2, 0) is 5.11 Å². The Morgan fingerprint density at radius 3 is 2.69 bits per heavy atom. The average Bonchev–Trinajstić information content (AvgIpc) is 2.08. The first-order valence-corrected chi connectivity index (χ1v) is 3.45. The Bertz CT molecular complexity index is 327. The molecule has 4 nitrogen and oxygen atoms in total. The Kier molecular flexibility index (Phi) is 2.69. The van der Waals surface area contributed by atoms with Crippen molar-refractivity contribution >= 4 is 11.8 Å². The van der Waals surface area contributed by atoms with E-state index in [-0.39, 0.29) is 5.69 Å². The SMILES string of the molecule is COc1ccc(NC([O])=O)c(F)c1. The summed E-state index contributed by atoms with van der Waals surface area (Å²) in [7, 11) is 1.39. The van der Waals surface area contributed by atoms with Gasteiger partial charge in [0.25, 0.3) is 0 Å². The third-order valence-electron chi connectivity index (χ3n) is 1.41. The van der Waals surface area contributed by atoms with Gasteiger partial charge in [-0.2, -0.15) is 0 Å². The van der Waals surface area contributed by atoms with Gasteiger partial charge in [0.2, 0.25) is 0 Å². The van der Waals surface area contributed by atoms with Crippen LogP contribution in [0.1, 0.15) is 0 Å². The van der Waals surface area contributed by atoms with E-state index >= 15 is 0 Å². The van der Waals surface area contributed by atoms with E-state index in [1.165, 1.54) is 19.2 Å². The molecule has 0 spiro atoms. The van der Waals surface area contributed by atoms with Gasteiger partial charge in [-0.15, -0.1) is 0 Å². The molecule has 0 saturated heterocycles. The van der Waals surface area contributed by atoms with E-state index in [9.17, 15) is 14.3 Å². The maximum Gasteiger partial charge on any atom is 0.455 e. The fraction of sp³-hybridized carbons (Fsp3) is 0.125. The summed E-state index contributed by atoms with van der Waals surface area (Å²) in [5.41, 5.74) is -0.152. The quantitative estimate of drug-likeness (QED) is 0.761. The summed E-state index contributed by atoms with van der Waals surface area (Å²) in [5, 5.41) is 11.9. The van der Waals surface area contributed by atoms with Crippen molar-refractivity contribution < 1.29 is 19.0 Å². The van der Waals surface area contributed by atoms with Crippen LogP contribution in [0.15, 0.2) is 18.2 Å². The molecule has 0 heterocycles. The zero-order valence-corrected chi connectivity index (χ0v) is 6.83. The lowest BCUT2D eigenvalue weighted by atomic mass is 10.3. The number of carbonyl (C=O) groups is 1. The van der Waals surface area contributed by atoms with Crippen molar-refractivity contribution in [1.82, 2.24) is 0 Å². The molecule has 1 radical (unpaired) electrons. The van der Waals surface area contributed by atoms with Crippen molar-refractivity contribution in [1.29, 1.82) is 0 Å². The highest BCUT2D eigenvalue weighted by Gasteiger charge is 2.06. The number of anilines is 1. The maximum atomic E-state index is 13.0. The summed E-state index contributed by atoms with van der Waals surface area (Å²) < 4.78 is 17.7. The van der Waals surface area contributed by atoms with Crippen LogP contribution in [0.4, 0.5) is 14.9 Å². The smallest absolute Gasteiger partial charge is 0.455 e. The van der Waals surface area contributed by atoms with Crippen molar-refractivity contribution in [3.05, 3.63) is 24.0 Å². The summed E-state index contributed by atoms with van der Waals surface area (Å²) in [6, 6.07) is 3.77. The van der Waals surface area contributed by atoms with Gasteiger partial charge in [-0.3, -0.25) is 5.32 Å². The van der Waals surface area contributed by atoms with E-state index in [0.717, 1.165) is 6.07 Å². The lowest BCUT2D eigenvalue weighted by Gasteiger charge is -2.03.